The van der Waals surface area contributed by atoms with E-state index >= 15 is 0 Å². The van der Waals surface area contributed by atoms with Crippen LogP contribution in [-0.2, 0) is 0 Å². The van der Waals surface area contributed by atoms with Gasteiger partial charge in [-0.15, -0.1) is 12.4 Å². The molecule has 1 N–H and O–H groups in total. The fraction of sp³-hybridized carbons (Fsp3) is 1.00. The molecule has 0 aromatic heterocycles. The van der Waals surface area contributed by atoms with E-state index in [0.29, 0.717) is 5.41 Å². The number of nitrogens with one attached hydrogen (secondary N) is 1. The molecule has 2 rings (SSSR count). The van der Waals surface area contributed by atoms with Gasteiger partial charge in [-0.2, -0.15) is 0 Å². The standard InChI is InChI=1S/C7H11F2N.ClH/c8-6(9)5-1-7(2-5)3-10-4-7;/h5-6,10H,1-4H2;1H. The van der Waals surface area contributed by atoms with Crippen LogP contribution < -0.4 is 5.32 Å². The van der Waals surface area contributed by atoms with Crippen molar-refractivity contribution in [3.8, 4) is 0 Å². The predicted molar refractivity (Wildman–Crippen MR) is 41.3 cm³/mol. The van der Waals surface area contributed by atoms with Gasteiger partial charge in [0.2, 0.25) is 6.43 Å². The molecule has 1 saturated carbocycles. The Morgan fingerprint density at radius 3 is 2.09 bits per heavy atom. The lowest BCUT2D eigenvalue weighted by Crippen LogP contribution is -2.61. The minimum Gasteiger partial charge on any atom is -0.316 e. The molecule has 0 radical (unpaired) electrons. The number of alkyl halides is 2. The topological polar surface area (TPSA) is 12.0 Å². The smallest absolute Gasteiger partial charge is 0.241 e. The lowest BCUT2D eigenvalue weighted by Gasteiger charge is -2.54. The van der Waals surface area contributed by atoms with Crippen molar-refractivity contribution < 1.29 is 8.78 Å². The number of halogens is 3. The highest BCUT2D eigenvalue weighted by molar-refractivity contribution is 5.85. The third-order valence-electron chi connectivity index (χ3n) is 2.75. The largest absolute Gasteiger partial charge is 0.316 e. The highest BCUT2D eigenvalue weighted by Gasteiger charge is 2.51. The molecule has 0 aromatic rings. The maximum Gasteiger partial charge on any atom is 0.241 e. The second-order valence-corrected chi connectivity index (χ2v) is 3.61. The van der Waals surface area contributed by atoms with Crippen molar-refractivity contribution in [2.75, 3.05) is 13.1 Å². The van der Waals surface area contributed by atoms with Crippen LogP contribution in [0.4, 0.5) is 8.78 Å². The van der Waals surface area contributed by atoms with Crippen LogP contribution in [0, 0.1) is 11.3 Å². The molecule has 4 heteroatoms. The predicted octanol–water partition coefficient (Wildman–Crippen LogP) is 1.67. The quantitative estimate of drug-likeness (QED) is 0.652. The van der Waals surface area contributed by atoms with Crippen molar-refractivity contribution in [3.05, 3.63) is 0 Å². The van der Waals surface area contributed by atoms with Gasteiger partial charge in [0.05, 0.1) is 0 Å². The Bertz CT molecular complexity index is 139. The summed E-state index contributed by atoms with van der Waals surface area (Å²) < 4.78 is 23.9. The van der Waals surface area contributed by atoms with Crippen LogP contribution in [0.2, 0.25) is 0 Å². The molecule has 0 unspecified atom stereocenters. The average Bonchev–Trinajstić information content (AvgIpc) is 1.54. The summed E-state index contributed by atoms with van der Waals surface area (Å²) in [5.74, 6) is -0.290. The van der Waals surface area contributed by atoms with E-state index in [1.807, 2.05) is 0 Å². The second kappa shape index (κ2) is 2.87. The van der Waals surface area contributed by atoms with E-state index in [-0.39, 0.29) is 18.3 Å². The van der Waals surface area contributed by atoms with Gasteiger partial charge in [-0.25, -0.2) is 8.78 Å². The van der Waals surface area contributed by atoms with Crippen molar-refractivity contribution in [2.45, 2.75) is 19.3 Å². The molecule has 1 nitrogen and oxygen atoms in total. The summed E-state index contributed by atoms with van der Waals surface area (Å²) >= 11 is 0. The summed E-state index contributed by atoms with van der Waals surface area (Å²) in [7, 11) is 0. The Morgan fingerprint density at radius 1 is 1.27 bits per heavy atom. The van der Waals surface area contributed by atoms with Gasteiger partial charge in [-0.3, -0.25) is 0 Å². The van der Waals surface area contributed by atoms with E-state index in [1.54, 1.807) is 0 Å². The summed E-state index contributed by atoms with van der Waals surface area (Å²) in [5.41, 5.74) is 0.307. The molecule has 0 atom stereocenters. The summed E-state index contributed by atoms with van der Waals surface area (Å²) in [5, 5.41) is 3.12. The van der Waals surface area contributed by atoms with Gasteiger partial charge in [0.1, 0.15) is 0 Å². The third kappa shape index (κ3) is 1.36. The minimum atomic E-state index is -2.08. The molecule has 11 heavy (non-hydrogen) atoms. The Morgan fingerprint density at radius 2 is 1.82 bits per heavy atom. The molecule has 1 aliphatic carbocycles. The van der Waals surface area contributed by atoms with E-state index in [1.165, 1.54) is 0 Å². The summed E-state index contributed by atoms with van der Waals surface area (Å²) in [6, 6.07) is 0. The average molecular weight is 184 g/mol. The Kier molecular flexibility index (Phi) is 2.40. The van der Waals surface area contributed by atoms with Gasteiger partial charge in [-0.1, -0.05) is 0 Å². The molecule has 1 aliphatic heterocycles. The molecule has 2 fully saturated rings. The monoisotopic (exact) mass is 183 g/mol. The molecule has 1 heterocycles. The van der Waals surface area contributed by atoms with E-state index in [9.17, 15) is 8.78 Å². The normalized spacial score (nSPS) is 27.5. The van der Waals surface area contributed by atoms with Gasteiger partial charge in [0, 0.05) is 19.0 Å². The Balaban J connectivity index is 0.000000605. The van der Waals surface area contributed by atoms with Crippen LogP contribution in [0.1, 0.15) is 12.8 Å². The number of hydrogen-bond acceptors (Lipinski definition) is 1. The molecule has 1 saturated heterocycles. The third-order valence-corrected chi connectivity index (χ3v) is 2.75. The van der Waals surface area contributed by atoms with E-state index in [4.69, 9.17) is 0 Å². The Hall–Kier alpha value is 0.110. The van der Waals surface area contributed by atoms with E-state index in [2.05, 4.69) is 5.32 Å². The second-order valence-electron chi connectivity index (χ2n) is 3.61. The van der Waals surface area contributed by atoms with Crippen LogP contribution in [0.5, 0.6) is 0 Å². The van der Waals surface area contributed by atoms with Gasteiger partial charge < -0.3 is 5.32 Å². The first-order valence-electron chi connectivity index (χ1n) is 3.71. The first-order chi connectivity index (χ1) is 4.72. The highest BCUT2D eigenvalue weighted by Crippen LogP contribution is 2.50. The van der Waals surface area contributed by atoms with Crippen LogP contribution in [0.15, 0.2) is 0 Å². The lowest BCUT2D eigenvalue weighted by atomic mass is 9.59. The molecule has 0 aromatic carbocycles. The van der Waals surface area contributed by atoms with Crippen LogP contribution in [0.25, 0.3) is 0 Å². The minimum absolute atomic E-state index is 0. The van der Waals surface area contributed by atoms with Crippen molar-refractivity contribution >= 4 is 12.4 Å². The van der Waals surface area contributed by atoms with Crippen LogP contribution >= 0.6 is 12.4 Å². The fourth-order valence-electron chi connectivity index (χ4n) is 2.00. The molecule has 0 amide bonds. The van der Waals surface area contributed by atoms with Gasteiger partial charge in [0.25, 0.3) is 0 Å². The zero-order valence-electron chi connectivity index (χ0n) is 6.15. The van der Waals surface area contributed by atoms with E-state index in [0.717, 1.165) is 25.9 Å². The fourth-order valence-corrected chi connectivity index (χ4v) is 2.00. The zero-order valence-corrected chi connectivity index (χ0v) is 6.96. The van der Waals surface area contributed by atoms with Crippen LogP contribution in [0.3, 0.4) is 0 Å². The summed E-state index contributed by atoms with van der Waals surface area (Å²) in [6.07, 6.45) is -0.582. The molecule has 66 valence electrons. The van der Waals surface area contributed by atoms with Gasteiger partial charge in [-0.05, 0) is 18.3 Å². The molecule has 1 spiro atoms. The lowest BCUT2D eigenvalue weighted by molar-refractivity contribution is -0.0773. The van der Waals surface area contributed by atoms with Gasteiger partial charge >= 0.3 is 0 Å². The molecular formula is C7H12ClF2N. The SMILES string of the molecule is Cl.FC(F)C1CC2(CNC2)C1. The number of hydrogen-bond donors (Lipinski definition) is 1. The van der Waals surface area contributed by atoms with Crippen molar-refractivity contribution in [3.63, 3.8) is 0 Å². The van der Waals surface area contributed by atoms with Crippen molar-refractivity contribution in [1.82, 2.24) is 5.32 Å². The van der Waals surface area contributed by atoms with Crippen LogP contribution in [-0.4, -0.2) is 19.5 Å². The van der Waals surface area contributed by atoms with Gasteiger partial charge in [0.15, 0.2) is 0 Å². The van der Waals surface area contributed by atoms with Crippen molar-refractivity contribution in [2.24, 2.45) is 11.3 Å². The molecule has 2 aliphatic rings. The first-order valence-corrected chi connectivity index (χ1v) is 3.71. The maximum atomic E-state index is 12.0. The zero-order chi connectivity index (χ0) is 7.19. The Labute approximate surface area is 71.0 Å². The summed E-state index contributed by atoms with van der Waals surface area (Å²) in [6.45, 7) is 1.94. The maximum absolute atomic E-state index is 12.0. The molecular weight excluding hydrogens is 172 g/mol. The van der Waals surface area contributed by atoms with Crippen molar-refractivity contribution in [1.29, 1.82) is 0 Å². The molecule has 0 bridgehead atoms. The summed E-state index contributed by atoms with van der Waals surface area (Å²) in [4.78, 5) is 0. The van der Waals surface area contributed by atoms with E-state index < -0.39 is 6.43 Å². The number of rotatable bonds is 1. The first kappa shape index (κ1) is 9.20. The highest BCUT2D eigenvalue weighted by atomic mass is 35.5.